The van der Waals surface area contributed by atoms with Crippen LogP contribution in [0.1, 0.15) is 31.1 Å². The Kier molecular flexibility index (Phi) is 2.90. The zero-order chi connectivity index (χ0) is 11.8. The zero-order valence-corrected chi connectivity index (χ0v) is 9.93. The molecule has 1 saturated carbocycles. The van der Waals surface area contributed by atoms with E-state index >= 15 is 0 Å². The molecule has 0 aromatic carbocycles. The van der Waals surface area contributed by atoms with Gasteiger partial charge in [-0.2, -0.15) is 5.10 Å². The summed E-state index contributed by atoms with van der Waals surface area (Å²) in [7, 11) is 5.02. The molecule has 1 N–H and O–H groups in total. The van der Waals surface area contributed by atoms with Gasteiger partial charge in [0.2, 0.25) is 0 Å². The van der Waals surface area contributed by atoms with Crippen molar-refractivity contribution in [2.24, 2.45) is 7.05 Å². The van der Waals surface area contributed by atoms with Gasteiger partial charge in [-0.25, -0.2) is 0 Å². The van der Waals surface area contributed by atoms with Gasteiger partial charge in [0.25, 0.3) is 0 Å². The number of hydrogen-bond donors (Lipinski definition) is 1. The summed E-state index contributed by atoms with van der Waals surface area (Å²) in [5, 5.41) is 14.5. The molecule has 0 amide bonds. The van der Waals surface area contributed by atoms with Crippen molar-refractivity contribution in [3.05, 3.63) is 11.9 Å². The lowest BCUT2D eigenvalue weighted by molar-refractivity contribution is -0.154. The lowest BCUT2D eigenvalue weighted by Gasteiger charge is -2.44. The van der Waals surface area contributed by atoms with Gasteiger partial charge in [0.1, 0.15) is 11.8 Å². The molecule has 0 bridgehead atoms. The molecule has 0 aliphatic heterocycles. The van der Waals surface area contributed by atoms with Crippen LogP contribution >= 0.6 is 0 Å². The molecule has 1 fully saturated rings. The first-order chi connectivity index (χ1) is 7.64. The molecular formula is C11H18N2O3. The number of methoxy groups -OCH3 is 2. The standard InChI is InChI=1S/C11H18N2O3/c1-13-9(8(15-2)7-12-13)10(14)11(16-3)5-4-6-11/h7,10,14H,4-6H2,1-3H3. The van der Waals surface area contributed by atoms with Crippen molar-refractivity contribution in [2.45, 2.75) is 31.0 Å². The molecule has 1 aromatic heterocycles. The molecule has 1 aliphatic rings. The van der Waals surface area contributed by atoms with E-state index in [0.29, 0.717) is 11.4 Å². The van der Waals surface area contributed by atoms with Gasteiger partial charge in [0, 0.05) is 14.2 Å². The summed E-state index contributed by atoms with van der Waals surface area (Å²) < 4.78 is 12.3. The van der Waals surface area contributed by atoms with Gasteiger partial charge in [-0.3, -0.25) is 4.68 Å². The van der Waals surface area contributed by atoms with Crippen LogP contribution < -0.4 is 4.74 Å². The molecule has 1 heterocycles. The van der Waals surface area contributed by atoms with Crippen molar-refractivity contribution in [3.8, 4) is 5.75 Å². The van der Waals surface area contributed by atoms with Crippen molar-refractivity contribution in [1.82, 2.24) is 9.78 Å². The van der Waals surface area contributed by atoms with Crippen molar-refractivity contribution in [2.75, 3.05) is 14.2 Å². The average Bonchev–Trinajstić information content (AvgIpc) is 2.58. The predicted octanol–water partition coefficient (Wildman–Crippen LogP) is 1.03. The predicted molar refractivity (Wildman–Crippen MR) is 58.3 cm³/mol. The molecule has 0 saturated heterocycles. The maximum absolute atomic E-state index is 10.4. The monoisotopic (exact) mass is 226 g/mol. The van der Waals surface area contributed by atoms with E-state index < -0.39 is 11.7 Å². The molecule has 5 heteroatoms. The molecule has 0 radical (unpaired) electrons. The highest BCUT2D eigenvalue weighted by atomic mass is 16.5. The topological polar surface area (TPSA) is 56.5 Å². The van der Waals surface area contributed by atoms with E-state index in [9.17, 15) is 5.11 Å². The Morgan fingerprint density at radius 1 is 1.50 bits per heavy atom. The van der Waals surface area contributed by atoms with E-state index in [4.69, 9.17) is 9.47 Å². The van der Waals surface area contributed by atoms with Gasteiger partial charge in [0.15, 0.2) is 5.75 Å². The van der Waals surface area contributed by atoms with Crippen LogP contribution in [-0.2, 0) is 11.8 Å². The summed E-state index contributed by atoms with van der Waals surface area (Å²) in [6, 6.07) is 0. The Morgan fingerprint density at radius 2 is 2.19 bits per heavy atom. The Balaban J connectivity index is 2.32. The van der Waals surface area contributed by atoms with Gasteiger partial charge in [-0.05, 0) is 19.3 Å². The second-order valence-electron chi connectivity index (χ2n) is 4.25. The number of aromatic nitrogens is 2. The number of nitrogens with zero attached hydrogens (tertiary/aromatic N) is 2. The second-order valence-corrected chi connectivity index (χ2v) is 4.25. The number of ether oxygens (including phenoxy) is 2. The number of aliphatic hydroxyl groups excluding tert-OH is 1. The first-order valence-corrected chi connectivity index (χ1v) is 5.44. The van der Waals surface area contributed by atoms with Gasteiger partial charge >= 0.3 is 0 Å². The summed E-state index contributed by atoms with van der Waals surface area (Å²) in [5.41, 5.74) is 0.227. The van der Waals surface area contributed by atoms with Crippen LogP contribution in [0.2, 0.25) is 0 Å². The average molecular weight is 226 g/mol. The number of hydrogen-bond acceptors (Lipinski definition) is 4. The number of aryl methyl sites for hydroxylation is 1. The van der Waals surface area contributed by atoms with Crippen LogP contribution in [0.15, 0.2) is 6.20 Å². The molecule has 1 aliphatic carbocycles. The molecule has 90 valence electrons. The lowest BCUT2D eigenvalue weighted by atomic mass is 9.74. The minimum Gasteiger partial charge on any atom is -0.493 e. The molecule has 0 spiro atoms. The van der Waals surface area contributed by atoms with Crippen molar-refractivity contribution < 1.29 is 14.6 Å². The summed E-state index contributed by atoms with van der Waals surface area (Å²) >= 11 is 0. The smallest absolute Gasteiger partial charge is 0.162 e. The fraction of sp³-hybridized carbons (Fsp3) is 0.727. The van der Waals surface area contributed by atoms with Crippen LogP contribution in [0.3, 0.4) is 0 Å². The highest BCUT2D eigenvalue weighted by Gasteiger charge is 2.46. The number of aliphatic hydroxyl groups is 1. The minimum atomic E-state index is -0.686. The van der Waals surface area contributed by atoms with E-state index in [2.05, 4.69) is 5.10 Å². The van der Waals surface area contributed by atoms with Crippen molar-refractivity contribution >= 4 is 0 Å². The molecule has 5 nitrogen and oxygen atoms in total. The van der Waals surface area contributed by atoms with Crippen LogP contribution in [0.5, 0.6) is 5.75 Å². The molecule has 1 aromatic rings. The Labute approximate surface area is 95.0 Å². The van der Waals surface area contributed by atoms with E-state index in [1.165, 1.54) is 0 Å². The fourth-order valence-corrected chi connectivity index (χ4v) is 2.26. The fourth-order valence-electron chi connectivity index (χ4n) is 2.26. The second kappa shape index (κ2) is 4.07. The first kappa shape index (κ1) is 11.4. The summed E-state index contributed by atoms with van der Waals surface area (Å²) in [4.78, 5) is 0. The lowest BCUT2D eigenvalue weighted by Crippen LogP contribution is -2.45. The third-order valence-electron chi connectivity index (χ3n) is 3.53. The highest BCUT2D eigenvalue weighted by molar-refractivity contribution is 5.29. The largest absolute Gasteiger partial charge is 0.493 e. The van der Waals surface area contributed by atoms with Crippen LogP contribution in [0.4, 0.5) is 0 Å². The summed E-state index contributed by atoms with van der Waals surface area (Å²) in [5.74, 6) is 0.610. The Morgan fingerprint density at radius 3 is 2.62 bits per heavy atom. The summed E-state index contributed by atoms with van der Waals surface area (Å²) in [6.45, 7) is 0. The third kappa shape index (κ3) is 1.51. The van der Waals surface area contributed by atoms with Crippen molar-refractivity contribution in [1.29, 1.82) is 0 Å². The minimum absolute atomic E-state index is 0.457. The molecule has 16 heavy (non-hydrogen) atoms. The maximum Gasteiger partial charge on any atom is 0.162 e. The SMILES string of the molecule is COc1cnn(C)c1C(O)C1(OC)CCC1. The maximum atomic E-state index is 10.4. The molecular weight excluding hydrogens is 208 g/mol. The van der Waals surface area contributed by atoms with Gasteiger partial charge < -0.3 is 14.6 Å². The van der Waals surface area contributed by atoms with E-state index in [0.717, 1.165) is 19.3 Å². The number of rotatable bonds is 4. The summed E-state index contributed by atoms with van der Waals surface area (Å²) in [6.07, 6.45) is 3.76. The Bertz CT molecular complexity index is 366. The highest BCUT2D eigenvalue weighted by Crippen LogP contribution is 2.46. The van der Waals surface area contributed by atoms with Gasteiger partial charge in [-0.1, -0.05) is 0 Å². The first-order valence-electron chi connectivity index (χ1n) is 5.44. The van der Waals surface area contributed by atoms with Crippen LogP contribution in [0.25, 0.3) is 0 Å². The van der Waals surface area contributed by atoms with E-state index in [1.54, 1.807) is 32.1 Å². The third-order valence-corrected chi connectivity index (χ3v) is 3.53. The van der Waals surface area contributed by atoms with E-state index in [-0.39, 0.29) is 0 Å². The van der Waals surface area contributed by atoms with Crippen LogP contribution in [-0.4, -0.2) is 34.7 Å². The van der Waals surface area contributed by atoms with Crippen molar-refractivity contribution in [3.63, 3.8) is 0 Å². The van der Waals surface area contributed by atoms with Gasteiger partial charge in [0.05, 0.1) is 18.9 Å². The Hall–Kier alpha value is -1.07. The van der Waals surface area contributed by atoms with Gasteiger partial charge in [-0.15, -0.1) is 0 Å². The van der Waals surface area contributed by atoms with E-state index in [1.807, 2.05) is 0 Å². The molecule has 1 unspecified atom stereocenters. The molecule has 2 rings (SSSR count). The quantitative estimate of drug-likeness (QED) is 0.833. The molecule has 1 atom stereocenters. The normalized spacial score (nSPS) is 20.2. The van der Waals surface area contributed by atoms with Crippen LogP contribution in [0, 0.1) is 0 Å². The zero-order valence-electron chi connectivity index (χ0n) is 9.93.